The lowest BCUT2D eigenvalue weighted by Crippen LogP contribution is -1.99. The molecule has 204 valence electrons. The van der Waals surface area contributed by atoms with E-state index in [1.807, 2.05) is 36.4 Å². The van der Waals surface area contributed by atoms with Gasteiger partial charge in [-0.1, -0.05) is 36.4 Å². The fourth-order valence-corrected chi connectivity index (χ4v) is 4.60. The van der Waals surface area contributed by atoms with Crippen molar-refractivity contribution in [1.29, 1.82) is 0 Å². The molecule has 0 aliphatic rings. The zero-order chi connectivity index (χ0) is 29.0. The summed E-state index contributed by atoms with van der Waals surface area (Å²) in [5.74, 6) is 0. The minimum atomic E-state index is -4.22. The Morgan fingerprint density at radius 2 is 0.846 bits per heavy atom. The van der Waals surface area contributed by atoms with Crippen LogP contribution in [0.15, 0.2) is 101 Å². The predicted molar refractivity (Wildman–Crippen MR) is 156 cm³/mol. The molecule has 5 aromatic carbocycles. The maximum absolute atomic E-state index is 11.0. The molecule has 0 heterocycles. The second-order valence-corrected chi connectivity index (χ2v) is 11.1. The van der Waals surface area contributed by atoms with Crippen LogP contribution in [0.4, 0.5) is 28.4 Å². The van der Waals surface area contributed by atoms with E-state index in [0.717, 1.165) is 22.1 Å². The van der Waals surface area contributed by atoms with Gasteiger partial charge in [0, 0.05) is 50.0 Å². The van der Waals surface area contributed by atoms with Crippen LogP contribution in [0.25, 0.3) is 21.5 Å². The van der Waals surface area contributed by atoms with Crippen LogP contribution < -0.4 is 28.7 Å². The molecule has 0 spiro atoms. The molecule has 0 aromatic heterocycles. The second kappa shape index (κ2) is 11.4. The number of nitrogens with two attached hydrogens (primary N) is 5. The van der Waals surface area contributed by atoms with Gasteiger partial charge in [-0.3, -0.25) is 9.11 Å². The molecule has 11 nitrogen and oxygen atoms in total. The first-order valence-electron chi connectivity index (χ1n) is 11.1. The molecule has 0 radical (unpaired) electrons. The molecule has 12 N–H and O–H groups in total. The van der Waals surface area contributed by atoms with E-state index in [9.17, 15) is 16.8 Å². The zero-order valence-corrected chi connectivity index (χ0v) is 22.0. The van der Waals surface area contributed by atoms with E-state index in [4.69, 9.17) is 37.8 Å². The lowest BCUT2D eigenvalue weighted by Gasteiger charge is -2.06. The first-order chi connectivity index (χ1) is 18.2. The van der Waals surface area contributed by atoms with Crippen LogP contribution in [0.2, 0.25) is 0 Å². The molecule has 0 aliphatic carbocycles. The minimum absolute atomic E-state index is 0.183. The topological polar surface area (TPSA) is 239 Å². The highest BCUT2D eigenvalue weighted by molar-refractivity contribution is 7.86. The van der Waals surface area contributed by atoms with Gasteiger partial charge in [0.05, 0.1) is 9.79 Å². The minimum Gasteiger partial charge on any atom is -0.399 e. The third-order valence-electron chi connectivity index (χ3n) is 5.50. The smallest absolute Gasteiger partial charge is 0.294 e. The van der Waals surface area contributed by atoms with Crippen LogP contribution >= 0.6 is 0 Å². The first kappa shape index (κ1) is 29.0. The molecular formula is C26H27N5O6S2. The molecule has 0 amide bonds. The van der Waals surface area contributed by atoms with Crippen LogP contribution in [-0.4, -0.2) is 25.9 Å². The Balaban J connectivity index is 0.000000165. The number of fused-ring (bicyclic) bond motifs is 2. The third kappa shape index (κ3) is 7.27. The maximum Gasteiger partial charge on any atom is 0.294 e. The van der Waals surface area contributed by atoms with E-state index in [2.05, 4.69) is 0 Å². The van der Waals surface area contributed by atoms with Gasteiger partial charge in [0.1, 0.15) is 0 Å². The van der Waals surface area contributed by atoms with Crippen molar-refractivity contribution in [3.05, 3.63) is 91.0 Å². The molecule has 0 bridgehead atoms. The molecule has 0 aliphatic heterocycles. The fourth-order valence-electron chi connectivity index (χ4n) is 3.55. The molecule has 5 aromatic rings. The highest BCUT2D eigenvalue weighted by atomic mass is 32.2. The Morgan fingerprint density at radius 3 is 1.26 bits per heavy atom. The van der Waals surface area contributed by atoms with Gasteiger partial charge in [-0.2, -0.15) is 16.8 Å². The summed E-state index contributed by atoms with van der Waals surface area (Å²) in [5, 5.41) is 3.22. The van der Waals surface area contributed by atoms with E-state index in [1.54, 1.807) is 12.1 Å². The molecule has 39 heavy (non-hydrogen) atoms. The SMILES string of the molecule is Nc1ccc(N)c2cc(S(=O)(=O)O)ccc12.Nc1ccc(N)c2ccccc12.Nc1cccc(S(=O)(=O)O)c1. The van der Waals surface area contributed by atoms with E-state index in [1.165, 1.54) is 42.5 Å². The van der Waals surface area contributed by atoms with Crippen molar-refractivity contribution in [2.75, 3.05) is 28.7 Å². The van der Waals surface area contributed by atoms with E-state index < -0.39 is 20.2 Å². The summed E-state index contributed by atoms with van der Waals surface area (Å²) in [6.07, 6.45) is 0. The maximum atomic E-state index is 11.0. The number of hydrogen-bond donors (Lipinski definition) is 7. The van der Waals surface area contributed by atoms with Crippen LogP contribution in [0.5, 0.6) is 0 Å². The quantitative estimate of drug-likeness (QED) is 0.119. The van der Waals surface area contributed by atoms with Gasteiger partial charge >= 0.3 is 0 Å². The van der Waals surface area contributed by atoms with Crippen molar-refractivity contribution in [2.45, 2.75) is 9.79 Å². The van der Waals surface area contributed by atoms with Crippen molar-refractivity contribution in [3.8, 4) is 0 Å². The van der Waals surface area contributed by atoms with Crippen molar-refractivity contribution >= 4 is 70.2 Å². The highest BCUT2D eigenvalue weighted by Crippen LogP contribution is 2.28. The number of rotatable bonds is 2. The molecule has 0 fully saturated rings. The normalized spacial score (nSPS) is 11.2. The van der Waals surface area contributed by atoms with Crippen molar-refractivity contribution < 1.29 is 25.9 Å². The predicted octanol–water partition coefficient (Wildman–Crippen LogP) is 3.77. The van der Waals surface area contributed by atoms with Gasteiger partial charge in [-0.05, 0) is 54.6 Å². The van der Waals surface area contributed by atoms with Gasteiger partial charge in [-0.25, -0.2) is 0 Å². The summed E-state index contributed by atoms with van der Waals surface area (Å²) in [4.78, 5) is -0.380. The number of benzene rings is 5. The number of anilines is 5. The van der Waals surface area contributed by atoms with E-state index in [-0.39, 0.29) is 9.79 Å². The van der Waals surface area contributed by atoms with Gasteiger partial charge in [0.25, 0.3) is 20.2 Å². The summed E-state index contributed by atoms with van der Waals surface area (Å²) in [7, 11) is -8.33. The molecule has 0 unspecified atom stereocenters. The molecule has 13 heteroatoms. The van der Waals surface area contributed by atoms with Crippen LogP contribution in [0.1, 0.15) is 0 Å². The van der Waals surface area contributed by atoms with Crippen molar-refractivity contribution in [3.63, 3.8) is 0 Å². The number of nitrogen functional groups attached to an aromatic ring is 5. The lowest BCUT2D eigenvalue weighted by atomic mass is 10.1. The monoisotopic (exact) mass is 569 g/mol. The standard InChI is InChI=1S/C10H10N2O3S.C10H10N2.C6H7NO3S/c11-9-3-4-10(12)8-5-6(16(13,14)15)1-2-7(8)9;11-9-5-6-10(12)8-4-2-1-3-7(8)9;7-5-2-1-3-6(4-5)11(8,9)10/h1-5H,11-12H2,(H,13,14,15);1-6H,11-12H2;1-4H,7H2,(H,8,9,10). The molecule has 0 saturated heterocycles. The molecular weight excluding hydrogens is 542 g/mol. The Kier molecular flexibility index (Phi) is 8.51. The summed E-state index contributed by atoms with van der Waals surface area (Å²) in [6, 6.07) is 24.3. The van der Waals surface area contributed by atoms with Crippen molar-refractivity contribution in [2.24, 2.45) is 0 Å². The Labute approximate surface area is 225 Å². The van der Waals surface area contributed by atoms with Gasteiger partial charge in [0.2, 0.25) is 0 Å². The van der Waals surface area contributed by atoms with Gasteiger partial charge in [0.15, 0.2) is 0 Å². The van der Waals surface area contributed by atoms with Crippen LogP contribution in [0.3, 0.4) is 0 Å². The Bertz CT molecular complexity index is 1840. The fraction of sp³-hybridized carbons (Fsp3) is 0. The second-order valence-electron chi connectivity index (χ2n) is 8.26. The summed E-state index contributed by atoms with van der Waals surface area (Å²) in [6.45, 7) is 0. The van der Waals surface area contributed by atoms with Crippen molar-refractivity contribution in [1.82, 2.24) is 0 Å². The largest absolute Gasteiger partial charge is 0.399 e. The average molecular weight is 570 g/mol. The molecule has 5 rings (SSSR count). The van der Waals surface area contributed by atoms with Crippen LogP contribution in [0, 0.1) is 0 Å². The zero-order valence-electron chi connectivity index (χ0n) is 20.4. The summed E-state index contributed by atoms with van der Waals surface area (Å²) in [5.41, 5.74) is 31.0. The van der Waals surface area contributed by atoms with E-state index >= 15 is 0 Å². The third-order valence-corrected chi connectivity index (χ3v) is 7.20. The van der Waals surface area contributed by atoms with E-state index in [0.29, 0.717) is 27.8 Å². The molecule has 0 saturated carbocycles. The summed E-state index contributed by atoms with van der Waals surface area (Å²) < 4.78 is 60.3. The lowest BCUT2D eigenvalue weighted by molar-refractivity contribution is 0.481. The number of hydrogen-bond acceptors (Lipinski definition) is 9. The Hall–Kier alpha value is -4.56. The Morgan fingerprint density at radius 1 is 0.436 bits per heavy atom. The average Bonchev–Trinajstić information content (AvgIpc) is 2.88. The highest BCUT2D eigenvalue weighted by Gasteiger charge is 2.12. The molecule has 0 atom stereocenters. The van der Waals surface area contributed by atoms with Gasteiger partial charge in [-0.15, -0.1) is 0 Å². The van der Waals surface area contributed by atoms with Gasteiger partial charge < -0.3 is 28.7 Å². The first-order valence-corrected chi connectivity index (χ1v) is 14.0. The van der Waals surface area contributed by atoms with Crippen LogP contribution in [-0.2, 0) is 20.2 Å². The summed E-state index contributed by atoms with van der Waals surface area (Å²) >= 11 is 0.